The lowest BCUT2D eigenvalue weighted by molar-refractivity contribution is -0.167. The van der Waals surface area contributed by atoms with Crippen LogP contribution >= 0.6 is 0 Å². The number of allylic oxidation sites excluding steroid dienone is 14. The molecule has 0 aromatic rings. The zero-order valence-electron chi connectivity index (χ0n) is 54.5. The van der Waals surface area contributed by atoms with Crippen molar-refractivity contribution in [3.05, 3.63) is 85.1 Å². The van der Waals surface area contributed by atoms with E-state index in [1.165, 1.54) is 212 Å². The molecule has 0 amide bonds. The molecule has 1 unspecified atom stereocenters. The summed E-state index contributed by atoms with van der Waals surface area (Å²) in [5.74, 6) is -0.889. The minimum absolute atomic E-state index is 0.0797. The van der Waals surface area contributed by atoms with E-state index in [0.717, 1.165) is 109 Å². The number of ether oxygens (including phenoxy) is 3. The van der Waals surface area contributed by atoms with Crippen molar-refractivity contribution in [3.63, 3.8) is 0 Å². The zero-order chi connectivity index (χ0) is 59.2. The normalized spacial score (nSPS) is 12.6. The van der Waals surface area contributed by atoms with Gasteiger partial charge in [-0.2, -0.15) is 0 Å². The van der Waals surface area contributed by atoms with Crippen LogP contribution in [0.1, 0.15) is 361 Å². The Kier molecular flexibility index (Phi) is 67.2. The predicted molar refractivity (Wildman–Crippen MR) is 358 cm³/mol. The van der Waals surface area contributed by atoms with Crippen LogP contribution in [0.4, 0.5) is 0 Å². The van der Waals surface area contributed by atoms with Crippen LogP contribution in [0.3, 0.4) is 0 Å². The molecule has 0 aliphatic carbocycles. The third-order valence-corrected chi connectivity index (χ3v) is 15.6. The molecule has 0 aromatic heterocycles. The van der Waals surface area contributed by atoms with Crippen molar-refractivity contribution in [2.75, 3.05) is 13.2 Å². The summed E-state index contributed by atoms with van der Waals surface area (Å²) in [5.41, 5.74) is 0. The van der Waals surface area contributed by atoms with Gasteiger partial charge in [-0.1, -0.05) is 337 Å². The molecule has 0 aromatic carbocycles. The summed E-state index contributed by atoms with van der Waals surface area (Å²) in [7, 11) is 0. The minimum Gasteiger partial charge on any atom is -0.462 e. The van der Waals surface area contributed by atoms with Crippen LogP contribution < -0.4 is 0 Å². The van der Waals surface area contributed by atoms with Crippen molar-refractivity contribution < 1.29 is 28.6 Å². The van der Waals surface area contributed by atoms with Gasteiger partial charge in [-0.15, -0.1) is 0 Å². The highest BCUT2D eigenvalue weighted by Gasteiger charge is 2.19. The summed E-state index contributed by atoms with van der Waals surface area (Å²) in [5, 5.41) is 0. The molecule has 82 heavy (non-hydrogen) atoms. The van der Waals surface area contributed by atoms with E-state index in [4.69, 9.17) is 14.2 Å². The lowest BCUT2D eigenvalue weighted by Crippen LogP contribution is -2.30. The molecule has 0 aliphatic rings. The molecule has 0 heterocycles. The van der Waals surface area contributed by atoms with Gasteiger partial charge in [-0.05, 0) is 89.9 Å². The van der Waals surface area contributed by atoms with E-state index in [1.807, 2.05) is 0 Å². The topological polar surface area (TPSA) is 78.9 Å². The van der Waals surface area contributed by atoms with E-state index in [-0.39, 0.29) is 31.1 Å². The van der Waals surface area contributed by atoms with E-state index in [2.05, 4.69) is 106 Å². The maximum Gasteiger partial charge on any atom is 0.306 e. The molecular weight excluding hydrogens is 1010 g/mol. The smallest absolute Gasteiger partial charge is 0.306 e. The van der Waals surface area contributed by atoms with Crippen LogP contribution in [0.5, 0.6) is 0 Å². The second kappa shape index (κ2) is 70.1. The predicted octanol–water partition coefficient (Wildman–Crippen LogP) is 24.6. The second-order valence-corrected chi connectivity index (χ2v) is 23.7. The number of carbonyl (C=O) groups is 3. The van der Waals surface area contributed by atoms with Crippen LogP contribution in [0, 0.1) is 0 Å². The Labute approximate surface area is 509 Å². The molecule has 0 fully saturated rings. The van der Waals surface area contributed by atoms with Gasteiger partial charge in [0, 0.05) is 19.3 Å². The zero-order valence-corrected chi connectivity index (χ0v) is 54.5. The third-order valence-electron chi connectivity index (χ3n) is 15.6. The lowest BCUT2D eigenvalue weighted by atomic mass is 10.0. The first kappa shape index (κ1) is 78.6. The van der Waals surface area contributed by atoms with Crippen LogP contribution in [0.25, 0.3) is 0 Å². The summed E-state index contributed by atoms with van der Waals surface area (Å²) in [4.78, 5) is 38.3. The Morgan fingerprint density at radius 3 is 0.756 bits per heavy atom. The molecule has 474 valence electrons. The lowest BCUT2D eigenvalue weighted by Gasteiger charge is -2.18. The summed E-state index contributed by atoms with van der Waals surface area (Å²) in [6.45, 7) is 6.44. The molecule has 6 nitrogen and oxygen atoms in total. The first-order chi connectivity index (χ1) is 40.5. The van der Waals surface area contributed by atoms with Crippen molar-refractivity contribution >= 4 is 17.9 Å². The van der Waals surface area contributed by atoms with Crippen LogP contribution in [-0.2, 0) is 28.6 Å². The van der Waals surface area contributed by atoms with Gasteiger partial charge in [-0.25, -0.2) is 0 Å². The molecule has 0 N–H and O–H groups in total. The Morgan fingerprint density at radius 2 is 0.476 bits per heavy atom. The fraction of sp³-hybridized carbons (Fsp3) is 0.776. The Morgan fingerprint density at radius 1 is 0.256 bits per heavy atom. The number of rotatable bonds is 65. The van der Waals surface area contributed by atoms with E-state index in [9.17, 15) is 14.4 Å². The van der Waals surface area contributed by atoms with Gasteiger partial charge in [0.25, 0.3) is 0 Å². The molecule has 1 atom stereocenters. The summed E-state index contributed by atoms with van der Waals surface area (Å²) >= 11 is 0. The van der Waals surface area contributed by atoms with Crippen LogP contribution in [0.15, 0.2) is 85.1 Å². The van der Waals surface area contributed by atoms with Crippen molar-refractivity contribution in [3.8, 4) is 0 Å². The fourth-order valence-electron chi connectivity index (χ4n) is 10.4. The number of esters is 3. The maximum absolute atomic E-state index is 12.9. The van der Waals surface area contributed by atoms with Crippen molar-refractivity contribution in [2.24, 2.45) is 0 Å². The first-order valence-corrected chi connectivity index (χ1v) is 35.6. The Hall–Kier alpha value is -3.41. The molecule has 0 bridgehead atoms. The van der Waals surface area contributed by atoms with Crippen molar-refractivity contribution in [1.82, 2.24) is 0 Å². The van der Waals surface area contributed by atoms with Gasteiger partial charge in [0.05, 0.1) is 0 Å². The fourth-order valence-corrected chi connectivity index (χ4v) is 10.4. The maximum atomic E-state index is 12.9. The number of unbranched alkanes of at least 4 members (excludes halogenated alkanes) is 40. The average Bonchev–Trinajstić information content (AvgIpc) is 3.47. The minimum atomic E-state index is -0.785. The van der Waals surface area contributed by atoms with Gasteiger partial charge in [0.15, 0.2) is 6.10 Å². The molecule has 0 radical (unpaired) electrons. The molecule has 0 spiro atoms. The van der Waals surface area contributed by atoms with E-state index in [1.54, 1.807) is 0 Å². The van der Waals surface area contributed by atoms with Crippen LogP contribution in [0.2, 0.25) is 0 Å². The van der Waals surface area contributed by atoms with Gasteiger partial charge >= 0.3 is 17.9 Å². The number of hydrogen-bond acceptors (Lipinski definition) is 6. The Balaban J connectivity index is 4.10. The Bertz CT molecular complexity index is 1550. The molecule has 0 rings (SSSR count). The number of hydrogen-bond donors (Lipinski definition) is 0. The largest absolute Gasteiger partial charge is 0.462 e. The molecular formula is C76H134O6. The quantitative estimate of drug-likeness (QED) is 0.0261. The summed E-state index contributed by atoms with van der Waals surface area (Å²) in [6, 6.07) is 0. The molecule has 0 saturated carbocycles. The molecule has 6 heteroatoms. The first-order valence-electron chi connectivity index (χ1n) is 35.6. The average molecular weight is 1140 g/mol. The van der Waals surface area contributed by atoms with E-state index >= 15 is 0 Å². The summed E-state index contributed by atoms with van der Waals surface area (Å²) < 4.78 is 16.9. The highest BCUT2D eigenvalue weighted by molar-refractivity contribution is 5.71. The van der Waals surface area contributed by atoms with Gasteiger partial charge in [0.1, 0.15) is 13.2 Å². The molecule has 0 aliphatic heterocycles. The van der Waals surface area contributed by atoms with Gasteiger partial charge in [-0.3, -0.25) is 14.4 Å². The van der Waals surface area contributed by atoms with E-state index < -0.39 is 6.10 Å². The third kappa shape index (κ3) is 67.4. The number of carbonyl (C=O) groups excluding carboxylic acids is 3. The van der Waals surface area contributed by atoms with E-state index in [0.29, 0.717) is 19.3 Å². The summed E-state index contributed by atoms with van der Waals surface area (Å²) in [6.07, 6.45) is 93.5. The van der Waals surface area contributed by atoms with Crippen molar-refractivity contribution in [1.29, 1.82) is 0 Å². The SMILES string of the molecule is CC/C=C\C/C=C\C/C=C\C/C=C\CCCCCCCCCCCCCCCCCCCCCCCCC(=O)OCC(COC(=O)CCCCC/C=C\C/C=C\C/C=C\CC)OC(=O)CCCCCCCCCCCCCCCCCC. The van der Waals surface area contributed by atoms with Crippen molar-refractivity contribution in [2.45, 2.75) is 367 Å². The van der Waals surface area contributed by atoms with Crippen LogP contribution in [-0.4, -0.2) is 37.2 Å². The highest BCUT2D eigenvalue weighted by atomic mass is 16.6. The molecule has 0 saturated heterocycles. The van der Waals surface area contributed by atoms with Gasteiger partial charge in [0.2, 0.25) is 0 Å². The standard InChI is InChI=1S/C76H134O6/c1-4-7-10-13-16-19-22-25-27-29-30-31-32-33-34-35-36-37-38-39-40-41-42-43-44-45-46-47-49-51-54-57-60-63-66-69-75(78)81-72-73(71-80-74(77)68-65-62-59-56-53-50-24-21-18-15-12-9-6-3)82-76(79)70-67-64-61-58-55-52-48-28-26-23-20-17-14-11-8-5-2/h7,9-10,12,16,18-19,21,25,27,30-31,50,53,73H,4-6,8,11,13-15,17,20,22-24,26,28-29,32-49,51-52,54-72H2,1-3H3/b10-7-,12-9-,19-16-,21-18-,27-25-,31-30-,53-50-. The van der Waals surface area contributed by atoms with Gasteiger partial charge < -0.3 is 14.2 Å². The second-order valence-electron chi connectivity index (χ2n) is 23.7. The monoisotopic (exact) mass is 1140 g/mol. The highest BCUT2D eigenvalue weighted by Crippen LogP contribution is 2.18.